The second-order valence-corrected chi connectivity index (χ2v) is 10.7. The molecule has 3 unspecified atom stereocenters. The van der Waals surface area contributed by atoms with Crippen LogP contribution in [0.2, 0.25) is 0 Å². The number of nitriles is 1. The molecule has 4 aliphatic heterocycles. The van der Waals surface area contributed by atoms with Crippen LogP contribution in [0, 0.1) is 16.7 Å². The molecular formula is C28H30N5O3+. The van der Waals surface area contributed by atoms with Gasteiger partial charge in [0.1, 0.15) is 18.2 Å². The van der Waals surface area contributed by atoms with Gasteiger partial charge in [-0.25, -0.2) is 0 Å². The molecule has 5 heterocycles. The number of aromatic nitrogens is 1. The minimum absolute atomic E-state index is 0.0953. The number of nitrogens with zero attached hydrogens (tertiary/aromatic N) is 4. The molecule has 1 aromatic carbocycles. The van der Waals surface area contributed by atoms with E-state index in [-0.39, 0.29) is 29.6 Å². The van der Waals surface area contributed by atoms with Gasteiger partial charge in [0.25, 0.3) is 5.91 Å². The van der Waals surface area contributed by atoms with E-state index in [1.807, 2.05) is 30.3 Å². The second kappa shape index (κ2) is 8.52. The van der Waals surface area contributed by atoms with Gasteiger partial charge >= 0.3 is 0 Å². The molecule has 184 valence electrons. The van der Waals surface area contributed by atoms with Crippen molar-refractivity contribution in [3.63, 3.8) is 0 Å². The molecule has 0 aliphatic carbocycles. The summed E-state index contributed by atoms with van der Waals surface area (Å²) in [7, 11) is 0. The van der Waals surface area contributed by atoms with E-state index in [1.54, 1.807) is 4.90 Å². The Morgan fingerprint density at radius 2 is 1.94 bits per heavy atom. The topological polar surface area (TPSA) is 97.4 Å². The Morgan fingerprint density at radius 3 is 2.67 bits per heavy atom. The molecule has 0 radical (unpaired) electrons. The second-order valence-electron chi connectivity index (χ2n) is 10.7. The summed E-state index contributed by atoms with van der Waals surface area (Å²) >= 11 is 0. The van der Waals surface area contributed by atoms with E-state index in [1.165, 1.54) is 11.3 Å². The first-order valence-corrected chi connectivity index (χ1v) is 12.8. The van der Waals surface area contributed by atoms with Crippen LogP contribution in [0.15, 0.2) is 36.4 Å². The van der Waals surface area contributed by atoms with E-state index in [0.29, 0.717) is 30.0 Å². The van der Waals surface area contributed by atoms with E-state index >= 15 is 0 Å². The van der Waals surface area contributed by atoms with Gasteiger partial charge in [0.05, 0.1) is 23.0 Å². The number of benzene rings is 1. The van der Waals surface area contributed by atoms with Gasteiger partial charge in [-0.1, -0.05) is 19.1 Å². The van der Waals surface area contributed by atoms with Crippen LogP contribution in [-0.2, 0) is 29.2 Å². The molecule has 8 heteroatoms. The number of piperidine rings is 2. The largest absolute Gasteiger partial charge is 0.316 e. The van der Waals surface area contributed by atoms with Crippen molar-refractivity contribution < 1.29 is 19.0 Å². The zero-order valence-electron chi connectivity index (χ0n) is 20.5. The number of amides is 3. The molecule has 3 atom stereocenters. The molecule has 36 heavy (non-hydrogen) atoms. The molecule has 0 bridgehead atoms. The number of hydrogen-bond acceptors (Lipinski definition) is 5. The van der Waals surface area contributed by atoms with E-state index in [9.17, 15) is 14.4 Å². The predicted molar refractivity (Wildman–Crippen MR) is 129 cm³/mol. The van der Waals surface area contributed by atoms with Crippen molar-refractivity contribution >= 4 is 17.7 Å². The standard InChI is InChI=1S/C28H29N5O3/c1-2-28-16-31(14-19-5-3-18(13-29)4-6-19)12-11-21(28)22-8-7-20-24(33(22)17-28)15-32(27(20)36)23-9-10-25(34)30-26(23)35/h3-8,21,23H,2,9-12,14-17H2,1H3/p+1. The fraction of sp³-hybridized carbons (Fsp3) is 0.464. The van der Waals surface area contributed by atoms with Crippen molar-refractivity contribution in [2.45, 2.75) is 64.2 Å². The number of imide groups is 1. The van der Waals surface area contributed by atoms with Crippen molar-refractivity contribution in [3.8, 4) is 6.07 Å². The molecule has 1 aromatic heterocycles. The Hall–Kier alpha value is -3.57. The van der Waals surface area contributed by atoms with E-state index in [2.05, 4.69) is 33.8 Å². The van der Waals surface area contributed by atoms with Crippen molar-refractivity contribution in [2.24, 2.45) is 5.41 Å². The van der Waals surface area contributed by atoms with E-state index < -0.39 is 6.04 Å². The minimum atomic E-state index is -0.592. The van der Waals surface area contributed by atoms with Gasteiger partial charge in [-0.05, 0) is 49.6 Å². The molecule has 0 saturated carbocycles. The molecule has 1 N–H and O–H groups in total. The summed E-state index contributed by atoms with van der Waals surface area (Å²) in [5.74, 6) is -0.316. The lowest BCUT2D eigenvalue weighted by molar-refractivity contribution is -0.706. The van der Waals surface area contributed by atoms with Gasteiger partial charge in [0.2, 0.25) is 17.5 Å². The highest BCUT2D eigenvalue weighted by molar-refractivity contribution is 6.05. The van der Waals surface area contributed by atoms with Gasteiger partial charge in [0.15, 0.2) is 12.2 Å². The average molecular weight is 485 g/mol. The fourth-order valence-electron chi connectivity index (χ4n) is 6.87. The number of likely N-dealkylation sites (tertiary alicyclic amines) is 1. The first kappa shape index (κ1) is 22.9. The summed E-state index contributed by atoms with van der Waals surface area (Å²) in [5.41, 5.74) is 4.98. The molecule has 2 fully saturated rings. The minimum Gasteiger partial charge on any atom is -0.316 e. The van der Waals surface area contributed by atoms with Crippen LogP contribution < -0.4 is 9.88 Å². The van der Waals surface area contributed by atoms with Crippen LogP contribution in [-0.4, -0.2) is 46.7 Å². The molecule has 2 saturated heterocycles. The number of fused-ring (bicyclic) bond motifs is 5. The lowest BCUT2D eigenvalue weighted by Gasteiger charge is -2.41. The number of nitrogens with one attached hydrogen (secondary N) is 1. The van der Waals surface area contributed by atoms with Gasteiger partial charge in [0, 0.05) is 25.6 Å². The summed E-state index contributed by atoms with van der Waals surface area (Å²) in [6, 6.07) is 13.5. The lowest BCUT2D eigenvalue weighted by atomic mass is 9.70. The molecule has 0 spiro atoms. The van der Waals surface area contributed by atoms with E-state index in [4.69, 9.17) is 5.26 Å². The van der Waals surface area contributed by atoms with Crippen molar-refractivity contribution in [2.75, 3.05) is 13.1 Å². The molecule has 4 aliphatic rings. The van der Waals surface area contributed by atoms with Gasteiger partial charge < -0.3 is 4.90 Å². The van der Waals surface area contributed by atoms with E-state index in [0.717, 1.165) is 44.7 Å². The van der Waals surface area contributed by atoms with Crippen LogP contribution in [0.4, 0.5) is 0 Å². The third-order valence-corrected chi connectivity index (χ3v) is 8.80. The third kappa shape index (κ3) is 3.53. The highest BCUT2D eigenvalue weighted by Gasteiger charge is 2.56. The Morgan fingerprint density at radius 1 is 1.14 bits per heavy atom. The highest BCUT2D eigenvalue weighted by Crippen LogP contribution is 2.49. The smallest absolute Gasteiger partial charge is 0.261 e. The van der Waals surface area contributed by atoms with Crippen LogP contribution in [0.25, 0.3) is 0 Å². The first-order chi connectivity index (χ1) is 17.4. The number of rotatable bonds is 4. The Bertz CT molecular complexity index is 1310. The Kier molecular flexibility index (Phi) is 5.41. The zero-order chi connectivity index (χ0) is 25.0. The van der Waals surface area contributed by atoms with Crippen molar-refractivity contribution in [1.29, 1.82) is 5.26 Å². The molecule has 3 amide bonds. The molecule has 6 rings (SSSR count). The first-order valence-electron chi connectivity index (χ1n) is 12.8. The number of hydrogen-bond donors (Lipinski definition) is 1. The number of pyridine rings is 1. The number of carbonyl (C=O) groups excluding carboxylic acids is 3. The summed E-state index contributed by atoms with van der Waals surface area (Å²) in [6.45, 7) is 6.40. The highest BCUT2D eigenvalue weighted by atomic mass is 16.2. The SMILES string of the molecule is CCC12CN(Cc3ccc(C#N)cc3)CCC1c1ccc3c([n+]1C2)CN(C1CCC(=O)NC1=O)C3=O. The summed E-state index contributed by atoms with van der Waals surface area (Å²) in [5, 5.41) is 11.5. The molecule has 2 aromatic rings. The Balaban J connectivity index is 1.25. The summed E-state index contributed by atoms with van der Waals surface area (Å²) in [6.07, 6.45) is 2.75. The lowest BCUT2D eigenvalue weighted by Crippen LogP contribution is -2.52. The normalized spacial score (nSPS) is 27.3. The van der Waals surface area contributed by atoms with Crippen LogP contribution in [0.1, 0.15) is 71.4 Å². The maximum atomic E-state index is 13.3. The average Bonchev–Trinajstić information content (AvgIpc) is 3.39. The summed E-state index contributed by atoms with van der Waals surface area (Å²) < 4.78 is 2.36. The Labute approximate surface area is 210 Å². The maximum Gasteiger partial charge on any atom is 0.261 e. The van der Waals surface area contributed by atoms with Crippen molar-refractivity contribution in [3.05, 3.63) is 64.5 Å². The van der Waals surface area contributed by atoms with Crippen LogP contribution in [0.5, 0.6) is 0 Å². The monoisotopic (exact) mass is 484 g/mol. The molecule has 8 nitrogen and oxygen atoms in total. The van der Waals surface area contributed by atoms with Gasteiger partial charge in [-0.3, -0.25) is 24.6 Å². The predicted octanol–water partition coefficient (Wildman–Crippen LogP) is 2.01. The van der Waals surface area contributed by atoms with Gasteiger partial charge in [-0.15, -0.1) is 0 Å². The van der Waals surface area contributed by atoms with Crippen molar-refractivity contribution in [1.82, 2.24) is 15.1 Å². The summed E-state index contributed by atoms with van der Waals surface area (Å²) in [4.78, 5) is 41.6. The molecular weight excluding hydrogens is 454 g/mol. The zero-order valence-corrected chi connectivity index (χ0v) is 20.5. The van der Waals surface area contributed by atoms with Crippen LogP contribution in [0.3, 0.4) is 0 Å². The number of carbonyl (C=O) groups is 3. The fourth-order valence-corrected chi connectivity index (χ4v) is 6.87. The maximum absolute atomic E-state index is 13.3. The quantitative estimate of drug-likeness (QED) is 0.529. The van der Waals surface area contributed by atoms with Crippen LogP contribution >= 0.6 is 0 Å². The third-order valence-electron chi connectivity index (χ3n) is 8.80. The van der Waals surface area contributed by atoms with Gasteiger partial charge in [-0.2, -0.15) is 9.83 Å².